The van der Waals surface area contributed by atoms with E-state index >= 15 is 0 Å². The minimum absolute atomic E-state index is 0.535. The second-order valence-electron chi connectivity index (χ2n) is 3.81. The first-order chi connectivity index (χ1) is 8.04. The number of hydrogen-bond donors (Lipinski definition) is 4. The van der Waals surface area contributed by atoms with Crippen LogP contribution in [-0.4, -0.2) is 56.2 Å². The molecule has 0 saturated carbocycles. The van der Waals surface area contributed by atoms with Crippen LogP contribution in [0.3, 0.4) is 0 Å². The van der Waals surface area contributed by atoms with E-state index in [9.17, 15) is 20.1 Å². The zero-order chi connectivity index (χ0) is 12.6. The summed E-state index contributed by atoms with van der Waals surface area (Å²) in [6.07, 6.45) is -5.38. The van der Waals surface area contributed by atoms with E-state index in [-0.39, 0.29) is 0 Å². The highest BCUT2D eigenvalue weighted by Crippen LogP contribution is 2.27. The fraction of sp³-hybridized carbons (Fsp3) is 0.667. The predicted octanol–water partition coefficient (Wildman–Crippen LogP) is -2.59. The standard InChI is InChI=1S/C9H13NO7/c11-3-4-6(13)7(14)8(15)9(16-4)10-2-1-5(12)17-10/h1-2,4,6-9,11,13-15H,3H2. The number of aliphatic hydroxyl groups excluding tert-OH is 4. The Balaban J connectivity index is 2.25. The average Bonchev–Trinajstić information content (AvgIpc) is 2.73. The average molecular weight is 247 g/mol. The number of aromatic nitrogens is 1. The Kier molecular flexibility index (Phi) is 3.31. The van der Waals surface area contributed by atoms with Crippen LogP contribution in [0.5, 0.6) is 0 Å². The summed E-state index contributed by atoms with van der Waals surface area (Å²) in [5, 5.41) is 37.7. The van der Waals surface area contributed by atoms with Gasteiger partial charge in [-0.25, -0.2) is 4.79 Å². The van der Waals surface area contributed by atoms with Crippen molar-refractivity contribution in [1.82, 2.24) is 4.74 Å². The van der Waals surface area contributed by atoms with Gasteiger partial charge in [0.2, 0.25) is 0 Å². The van der Waals surface area contributed by atoms with Crippen molar-refractivity contribution in [1.29, 1.82) is 0 Å². The molecule has 0 radical (unpaired) electrons. The first-order valence-corrected chi connectivity index (χ1v) is 5.03. The largest absolute Gasteiger partial charge is 0.394 e. The minimum atomic E-state index is -1.50. The maximum atomic E-state index is 10.9. The Morgan fingerprint density at radius 3 is 2.47 bits per heavy atom. The Labute approximate surface area is 95.2 Å². The summed E-state index contributed by atoms with van der Waals surface area (Å²) >= 11 is 0. The van der Waals surface area contributed by atoms with E-state index in [0.717, 1.165) is 10.8 Å². The second kappa shape index (κ2) is 4.59. The molecule has 5 unspecified atom stereocenters. The highest BCUT2D eigenvalue weighted by atomic mass is 16.6. The Bertz CT molecular complexity index is 425. The van der Waals surface area contributed by atoms with Crippen LogP contribution in [0.1, 0.15) is 6.23 Å². The molecule has 8 heteroatoms. The maximum Gasteiger partial charge on any atom is 0.357 e. The van der Waals surface area contributed by atoms with E-state index in [1.54, 1.807) is 0 Å². The van der Waals surface area contributed by atoms with Crippen LogP contribution in [0, 0.1) is 0 Å². The molecule has 1 aromatic rings. The summed E-state index contributed by atoms with van der Waals surface area (Å²) in [6, 6.07) is 1.11. The van der Waals surface area contributed by atoms with Crippen molar-refractivity contribution in [2.45, 2.75) is 30.6 Å². The molecule has 1 fully saturated rings. The van der Waals surface area contributed by atoms with Crippen LogP contribution in [0.25, 0.3) is 0 Å². The van der Waals surface area contributed by atoms with Gasteiger partial charge in [0, 0.05) is 12.3 Å². The normalized spacial score (nSPS) is 38.2. The van der Waals surface area contributed by atoms with Crippen LogP contribution in [-0.2, 0) is 4.74 Å². The Morgan fingerprint density at radius 1 is 1.24 bits per heavy atom. The minimum Gasteiger partial charge on any atom is -0.394 e. The van der Waals surface area contributed by atoms with Gasteiger partial charge in [-0.2, -0.15) is 4.74 Å². The third-order valence-corrected chi connectivity index (χ3v) is 2.67. The summed E-state index contributed by atoms with van der Waals surface area (Å²) < 4.78 is 10.7. The van der Waals surface area contributed by atoms with Crippen molar-refractivity contribution in [3.8, 4) is 0 Å². The van der Waals surface area contributed by atoms with Crippen molar-refractivity contribution in [2.24, 2.45) is 0 Å². The van der Waals surface area contributed by atoms with Crippen molar-refractivity contribution >= 4 is 0 Å². The molecule has 8 nitrogen and oxygen atoms in total. The maximum absolute atomic E-state index is 10.9. The lowest BCUT2D eigenvalue weighted by molar-refractivity contribution is -0.264. The van der Waals surface area contributed by atoms with Crippen molar-refractivity contribution < 1.29 is 29.7 Å². The third kappa shape index (κ3) is 2.13. The van der Waals surface area contributed by atoms with E-state index in [1.807, 2.05) is 0 Å². The quantitative estimate of drug-likeness (QED) is 0.452. The molecule has 4 N–H and O–H groups in total. The van der Waals surface area contributed by atoms with E-state index in [1.165, 1.54) is 6.20 Å². The lowest BCUT2D eigenvalue weighted by Gasteiger charge is -2.39. The Hall–Kier alpha value is -1.19. The summed E-state index contributed by atoms with van der Waals surface area (Å²) in [4.78, 5) is 10.9. The van der Waals surface area contributed by atoms with Gasteiger partial charge in [0.15, 0.2) is 6.23 Å². The predicted molar refractivity (Wildman–Crippen MR) is 52.0 cm³/mol. The van der Waals surface area contributed by atoms with Gasteiger partial charge in [-0.05, 0) is 0 Å². The molecule has 2 rings (SSSR count). The first kappa shape index (κ1) is 12.3. The molecule has 1 aromatic heterocycles. The molecule has 0 aromatic carbocycles. The van der Waals surface area contributed by atoms with Crippen molar-refractivity contribution in [2.75, 3.05) is 6.61 Å². The monoisotopic (exact) mass is 247 g/mol. The fourth-order valence-corrected chi connectivity index (χ4v) is 1.73. The number of aliphatic hydroxyl groups is 4. The smallest absolute Gasteiger partial charge is 0.357 e. The zero-order valence-corrected chi connectivity index (χ0v) is 8.71. The lowest BCUT2D eigenvalue weighted by Crippen LogP contribution is -2.56. The van der Waals surface area contributed by atoms with Gasteiger partial charge in [-0.1, -0.05) is 0 Å². The van der Waals surface area contributed by atoms with E-state index in [4.69, 9.17) is 9.84 Å². The summed E-state index contributed by atoms with van der Waals surface area (Å²) in [5.74, 6) is 0. The molecule has 0 amide bonds. The van der Waals surface area contributed by atoms with Crippen LogP contribution in [0.2, 0.25) is 0 Å². The highest BCUT2D eigenvalue weighted by molar-refractivity contribution is 4.91. The molecule has 1 aliphatic rings. The summed E-state index contributed by atoms with van der Waals surface area (Å²) in [5.41, 5.74) is -0.637. The second-order valence-corrected chi connectivity index (χ2v) is 3.81. The molecule has 17 heavy (non-hydrogen) atoms. The summed E-state index contributed by atoms with van der Waals surface area (Å²) in [7, 11) is 0. The molecule has 0 spiro atoms. The lowest BCUT2D eigenvalue weighted by atomic mass is 9.98. The van der Waals surface area contributed by atoms with Crippen LogP contribution in [0.4, 0.5) is 0 Å². The first-order valence-electron chi connectivity index (χ1n) is 5.03. The molecule has 5 atom stereocenters. The third-order valence-electron chi connectivity index (χ3n) is 2.67. The molecule has 0 bridgehead atoms. The van der Waals surface area contributed by atoms with Crippen molar-refractivity contribution in [3.05, 3.63) is 22.7 Å². The molecular formula is C9H13NO7. The van der Waals surface area contributed by atoms with E-state index < -0.39 is 42.9 Å². The molecule has 0 aliphatic carbocycles. The topological polar surface area (TPSA) is 125 Å². The van der Waals surface area contributed by atoms with Gasteiger partial charge in [0.1, 0.15) is 24.4 Å². The molecular weight excluding hydrogens is 234 g/mol. The van der Waals surface area contributed by atoms with Gasteiger partial charge in [0.05, 0.1) is 6.61 Å². The highest BCUT2D eigenvalue weighted by Gasteiger charge is 2.44. The number of hydrogen-bond acceptors (Lipinski definition) is 7. The molecule has 1 aliphatic heterocycles. The summed E-state index contributed by atoms with van der Waals surface area (Å²) in [6.45, 7) is -0.535. The van der Waals surface area contributed by atoms with Gasteiger partial charge >= 0.3 is 5.63 Å². The van der Waals surface area contributed by atoms with Gasteiger partial charge in [-0.15, -0.1) is 0 Å². The fourth-order valence-electron chi connectivity index (χ4n) is 1.73. The van der Waals surface area contributed by atoms with Crippen LogP contribution >= 0.6 is 0 Å². The van der Waals surface area contributed by atoms with Crippen LogP contribution in [0.15, 0.2) is 21.6 Å². The SMILES string of the molecule is O=c1ccn(C2OC(CO)C(O)C(O)C2O)o1. The van der Waals surface area contributed by atoms with E-state index in [2.05, 4.69) is 4.52 Å². The Morgan fingerprint density at radius 2 is 1.94 bits per heavy atom. The van der Waals surface area contributed by atoms with E-state index in [0.29, 0.717) is 0 Å². The van der Waals surface area contributed by atoms with Gasteiger partial charge in [-0.3, -0.25) is 0 Å². The number of rotatable bonds is 2. The van der Waals surface area contributed by atoms with Crippen LogP contribution < -0.4 is 5.63 Å². The van der Waals surface area contributed by atoms with Gasteiger partial charge in [0.25, 0.3) is 0 Å². The van der Waals surface area contributed by atoms with Gasteiger partial charge < -0.3 is 29.7 Å². The molecule has 2 heterocycles. The van der Waals surface area contributed by atoms with Crippen molar-refractivity contribution in [3.63, 3.8) is 0 Å². The number of ether oxygens (including phenoxy) is 1. The zero-order valence-electron chi connectivity index (χ0n) is 8.71. The number of nitrogens with zero attached hydrogens (tertiary/aromatic N) is 1. The molecule has 96 valence electrons. The molecule has 1 saturated heterocycles.